The van der Waals surface area contributed by atoms with Gasteiger partial charge in [-0.1, -0.05) is 18.2 Å². The number of amides is 3. The van der Waals surface area contributed by atoms with Crippen LogP contribution in [0.25, 0.3) is 0 Å². The van der Waals surface area contributed by atoms with E-state index in [4.69, 9.17) is 4.74 Å². The quantitative estimate of drug-likeness (QED) is 0.514. The molecule has 0 aliphatic rings. The Balaban J connectivity index is 1.48. The third-order valence-corrected chi connectivity index (χ3v) is 5.04. The minimum atomic E-state index is -0.284. The lowest BCUT2D eigenvalue weighted by Crippen LogP contribution is -2.27. The van der Waals surface area contributed by atoms with E-state index in [9.17, 15) is 14.4 Å². The lowest BCUT2D eigenvalue weighted by atomic mass is 10.2. The highest BCUT2D eigenvalue weighted by Crippen LogP contribution is 2.23. The molecule has 1 heterocycles. The molecule has 0 saturated heterocycles. The first kappa shape index (κ1) is 21.1. The third kappa shape index (κ3) is 5.68. The number of hydrogen-bond acceptors (Lipinski definition) is 5. The summed E-state index contributed by atoms with van der Waals surface area (Å²) in [6.45, 7) is 0.238. The van der Waals surface area contributed by atoms with Crippen LogP contribution in [0.2, 0.25) is 0 Å². The van der Waals surface area contributed by atoms with Crippen LogP contribution in [0.1, 0.15) is 26.5 Å². The van der Waals surface area contributed by atoms with E-state index in [0.29, 0.717) is 27.6 Å². The third-order valence-electron chi connectivity index (χ3n) is 4.17. The van der Waals surface area contributed by atoms with E-state index in [-0.39, 0.29) is 30.7 Å². The minimum absolute atomic E-state index is 0.146. The number of para-hydroxylation sites is 2. The van der Waals surface area contributed by atoms with E-state index in [1.807, 2.05) is 11.4 Å². The summed E-state index contributed by atoms with van der Waals surface area (Å²) >= 11 is 1.35. The smallest absolute Gasteiger partial charge is 0.261 e. The second-order valence-electron chi connectivity index (χ2n) is 6.26. The van der Waals surface area contributed by atoms with Gasteiger partial charge in [-0.05, 0) is 47.8 Å². The summed E-state index contributed by atoms with van der Waals surface area (Å²) in [5.41, 5.74) is 1.59. The van der Waals surface area contributed by atoms with Crippen molar-refractivity contribution in [3.63, 3.8) is 0 Å². The van der Waals surface area contributed by atoms with Crippen molar-refractivity contribution >= 4 is 40.4 Å². The Morgan fingerprint density at radius 1 is 0.900 bits per heavy atom. The summed E-state index contributed by atoms with van der Waals surface area (Å²) in [4.78, 5) is 36.9. The van der Waals surface area contributed by atoms with Gasteiger partial charge in [0, 0.05) is 24.2 Å². The Bertz CT molecular complexity index is 1020. The molecule has 0 spiro atoms. The molecule has 0 radical (unpaired) electrons. The molecule has 7 nitrogen and oxygen atoms in total. The van der Waals surface area contributed by atoms with Crippen molar-refractivity contribution in [2.75, 3.05) is 24.3 Å². The fourth-order valence-electron chi connectivity index (χ4n) is 2.66. The highest BCUT2D eigenvalue weighted by Gasteiger charge is 2.11. The van der Waals surface area contributed by atoms with Crippen LogP contribution in [0.5, 0.6) is 5.75 Å². The average molecular weight is 423 g/mol. The van der Waals surface area contributed by atoms with Gasteiger partial charge in [-0.3, -0.25) is 14.4 Å². The van der Waals surface area contributed by atoms with Crippen LogP contribution in [0.3, 0.4) is 0 Å². The topological polar surface area (TPSA) is 96.5 Å². The Hall–Kier alpha value is -3.65. The Morgan fingerprint density at radius 3 is 2.37 bits per heavy atom. The van der Waals surface area contributed by atoms with Crippen molar-refractivity contribution in [3.8, 4) is 5.75 Å². The van der Waals surface area contributed by atoms with Crippen LogP contribution in [0.4, 0.5) is 11.4 Å². The highest BCUT2D eigenvalue weighted by atomic mass is 32.1. The number of rotatable bonds is 8. The molecule has 8 heteroatoms. The largest absolute Gasteiger partial charge is 0.495 e. The molecular formula is C22H21N3O4S. The molecule has 30 heavy (non-hydrogen) atoms. The fourth-order valence-corrected chi connectivity index (χ4v) is 3.30. The zero-order valence-electron chi connectivity index (χ0n) is 16.3. The van der Waals surface area contributed by atoms with Crippen molar-refractivity contribution in [3.05, 3.63) is 76.5 Å². The fraction of sp³-hybridized carbons (Fsp3) is 0.136. The summed E-state index contributed by atoms with van der Waals surface area (Å²) in [7, 11) is 1.54. The maximum Gasteiger partial charge on any atom is 0.261 e. The van der Waals surface area contributed by atoms with Gasteiger partial charge in [0.05, 0.1) is 17.7 Å². The monoisotopic (exact) mass is 423 g/mol. The molecule has 3 N–H and O–H groups in total. The van der Waals surface area contributed by atoms with E-state index >= 15 is 0 Å². The van der Waals surface area contributed by atoms with Gasteiger partial charge in [-0.2, -0.15) is 0 Å². The number of anilines is 2. The van der Waals surface area contributed by atoms with E-state index in [0.717, 1.165) is 0 Å². The van der Waals surface area contributed by atoms with Gasteiger partial charge in [0.15, 0.2) is 0 Å². The molecule has 154 valence electrons. The van der Waals surface area contributed by atoms with Crippen LogP contribution in [0.15, 0.2) is 66.0 Å². The predicted octanol–water partition coefficient (Wildman–Crippen LogP) is 3.77. The van der Waals surface area contributed by atoms with Crippen molar-refractivity contribution in [1.29, 1.82) is 0 Å². The van der Waals surface area contributed by atoms with Crippen LogP contribution >= 0.6 is 11.3 Å². The molecule has 1 aromatic heterocycles. The molecule has 3 rings (SSSR count). The summed E-state index contributed by atoms with van der Waals surface area (Å²) in [6.07, 6.45) is 0.146. The summed E-state index contributed by atoms with van der Waals surface area (Å²) < 4.78 is 5.22. The lowest BCUT2D eigenvalue weighted by molar-refractivity contribution is -0.116. The summed E-state index contributed by atoms with van der Waals surface area (Å²) in [5.74, 6) is -0.134. The molecule has 0 unspecified atom stereocenters. The number of benzene rings is 2. The maximum atomic E-state index is 12.4. The van der Waals surface area contributed by atoms with E-state index < -0.39 is 0 Å². The summed E-state index contributed by atoms with van der Waals surface area (Å²) in [5, 5.41) is 10.1. The van der Waals surface area contributed by atoms with Gasteiger partial charge in [0.25, 0.3) is 11.8 Å². The van der Waals surface area contributed by atoms with E-state index in [1.165, 1.54) is 18.4 Å². The van der Waals surface area contributed by atoms with Gasteiger partial charge in [-0.25, -0.2) is 0 Å². The molecule has 0 bridgehead atoms. The molecule has 0 atom stereocenters. The predicted molar refractivity (Wildman–Crippen MR) is 117 cm³/mol. The zero-order valence-corrected chi connectivity index (χ0v) is 17.1. The van der Waals surface area contributed by atoms with E-state index in [2.05, 4.69) is 16.0 Å². The molecule has 0 aliphatic heterocycles. The molecule has 3 amide bonds. The van der Waals surface area contributed by atoms with Crippen LogP contribution in [0, 0.1) is 0 Å². The molecule has 0 aliphatic carbocycles. The number of ether oxygens (including phenoxy) is 1. The summed E-state index contributed by atoms with van der Waals surface area (Å²) in [6, 6.07) is 17.2. The number of hydrogen-bond donors (Lipinski definition) is 3. The Morgan fingerprint density at radius 2 is 1.67 bits per heavy atom. The van der Waals surface area contributed by atoms with Crippen LogP contribution < -0.4 is 20.7 Å². The number of thiophene rings is 1. The van der Waals surface area contributed by atoms with Gasteiger partial charge in [0.1, 0.15) is 5.75 Å². The van der Waals surface area contributed by atoms with Crippen molar-refractivity contribution in [2.45, 2.75) is 6.42 Å². The Labute approximate surface area is 178 Å². The second-order valence-corrected chi connectivity index (χ2v) is 7.21. The van der Waals surface area contributed by atoms with Gasteiger partial charge in [0.2, 0.25) is 5.91 Å². The number of carbonyl (C=O) groups excluding carboxylic acids is 3. The number of carbonyl (C=O) groups is 3. The average Bonchev–Trinajstić information content (AvgIpc) is 3.29. The maximum absolute atomic E-state index is 12.4. The van der Waals surface area contributed by atoms with Gasteiger partial charge < -0.3 is 20.7 Å². The van der Waals surface area contributed by atoms with Crippen LogP contribution in [-0.4, -0.2) is 31.4 Å². The van der Waals surface area contributed by atoms with E-state index in [1.54, 1.807) is 54.6 Å². The van der Waals surface area contributed by atoms with Crippen molar-refractivity contribution in [1.82, 2.24) is 5.32 Å². The molecular weight excluding hydrogens is 402 g/mol. The standard InChI is InChI=1S/C22H21N3O4S/c1-29-18-6-3-2-5-17(18)25-21(27)15-8-10-16(11-9-15)24-20(26)12-13-23-22(28)19-7-4-14-30-19/h2-11,14H,12-13H2,1H3,(H,23,28)(H,24,26)(H,25,27). The number of nitrogens with one attached hydrogen (secondary N) is 3. The highest BCUT2D eigenvalue weighted by molar-refractivity contribution is 7.12. The van der Waals surface area contributed by atoms with Gasteiger partial charge in [-0.15, -0.1) is 11.3 Å². The first-order valence-corrected chi connectivity index (χ1v) is 10.1. The molecule has 3 aromatic rings. The van der Waals surface area contributed by atoms with Crippen molar-refractivity contribution in [2.24, 2.45) is 0 Å². The van der Waals surface area contributed by atoms with Crippen molar-refractivity contribution < 1.29 is 19.1 Å². The SMILES string of the molecule is COc1ccccc1NC(=O)c1ccc(NC(=O)CCNC(=O)c2cccs2)cc1. The minimum Gasteiger partial charge on any atom is -0.495 e. The molecule has 2 aromatic carbocycles. The zero-order chi connectivity index (χ0) is 21.3. The molecule has 0 saturated carbocycles. The second kappa shape index (κ2) is 10.2. The first-order valence-electron chi connectivity index (χ1n) is 9.23. The van der Waals surface area contributed by atoms with Gasteiger partial charge >= 0.3 is 0 Å². The number of methoxy groups -OCH3 is 1. The first-order chi connectivity index (χ1) is 14.6. The lowest BCUT2D eigenvalue weighted by Gasteiger charge is -2.10. The Kier molecular flexibility index (Phi) is 7.18. The van der Waals surface area contributed by atoms with Crippen LogP contribution in [-0.2, 0) is 4.79 Å². The molecule has 0 fully saturated rings. The normalized spacial score (nSPS) is 10.2.